The van der Waals surface area contributed by atoms with E-state index in [0.29, 0.717) is 58.2 Å². The van der Waals surface area contributed by atoms with E-state index in [-0.39, 0.29) is 24.2 Å². The number of carbonyl (C=O) groups excluding carboxylic acids is 2. The largest absolute Gasteiger partial charge is 0.449 e. The lowest BCUT2D eigenvalue weighted by Gasteiger charge is -2.31. The van der Waals surface area contributed by atoms with E-state index in [1.807, 2.05) is 29.4 Å². The number of piperidine rings is 1. The number of nitrogens with zero attached hydrogens (tertiary/aromatic N) is 5. The maximum absolute atomic E-state index is 13.3. The molecule has 0 bridgehead atoms. The molecule has 0 aliphatic carbocycles. The summed E-state index contributed by atoms with van der Waals surface area (Å²) in [6.07, 6.45) is 1.00. The van der Waals surface area contributed by atoms with Gasteiger partial charge in [-0.05, 0) is 68.5 Å². The van der Waals surface area contributed by atoms with E-state index in [9.17, 15) is 14.0 Å². The summed E-state index contributed by atoms with van der Waals surface area (Å²) < 4.78 is 31.2. The molecule has 38 heavy (non-hydrogen) atoms. The Hall–Kier alpha value is -3.60. The normalized spacial score (nSPS) is 13.7. The minimum absolute atomic E-state index is 0.0235. The molecule has 1 aromatic heterocycles. The van der Waals surface area contributed by atoms with Crippen LogP contribution in [0.2, 0.25) is 0 Å². The van der Waals surface area contributed by atoms with Crippen molar-refractivity contribution in [2.24, 2.45) is 11.0 Å². The molecule has 1 saturated heterocycles. The molecule has 0 unspecified atom stereocenters. The van der Waals surface area contributed by atoms with Crippen LogP contribution in [0.15, 0.2) is 35.4 Å². The second kappa shape index (κ2) is 15.0. The molecule has 2 aromatic rings. The first-order valence-electron chi connectivity index (χ1n) is 12.7. The fraction of sp³-hybridized carbons (Fsp3) is 0.538. The fourth-order valence-electron chi connectivity index (χ4n) is 4.38. The number of amides is 2. The first-order chi connectivity index (χ1) is 18.4. The monoisotopic (exact) mass is 530 g/mol. The first kappa shape index (κ1) is 29.0. The van der Waals surface area contributed by atoms with Gasteiger partial charge >= 0.3 is 6.09 Å². The summed E-state index contributed by atoms with van der Waals surface area (Å²) in [5.74, 6) is -0.135. The molecule has 0 radical (unpaired) electrons. The Labute approximate surface area is 221 Å². The molecular formula is C26H35FN6O5. The zero-order chi connectivity index (χ0) is 27.3. The van der Waals surface area contributed by atoms with Gasteiger partial charge in [-0.3, -0.25) is 4.79 Å². The summed E-state index contributed by atoms with van der Waals surface area (Å²) in [4.78, 5) is 29.7. The maximum Gasteiger partial charge on any atom is 0.407 e. The molecule has 0 atom stereocenters. The molecule has 1 fully saturated rings. The topological polar surface area (TPSA) is 131 Å². The van der Waals surface area contributed by atoms with Crippen molar-refractivity contribution in [1.82, 2.24) is 14.8 Å². The third kappa shape index (κ3) is 8.47. The van der Waals surface area contributed by atoms with Crippen molar-refractivity contribution < 1.29 is 28.2 Å². The molecule has 2 amide bonds. The highest BCUT2D eigenvalue weighted by Gasteiger charge is 2.27. The van der Waals surface area contributed by atoms with E-state index >= 15 is 0 Å². The van der Waals surface area contributed by atoms with Gasteiger partial charge in [-0.2, -0.15) is 0 Å². The van der Waals surface area contributed by atoms with Gasteiger partial charge in [-0.1, -0.05) is 5.11 Å². The average Bonchev–Trinajstić information content (AvgIpc) is 3.22. The zero-order valence-corrected chi connectivity index (χ0v) is 21.9. The maximum atomic E-state index is 13.3. The quantitative estimate of drug-likeness (QED) is 0.180. The standard InChI is InChI=1S/C26H35FN6O5/c1-19-17-24(20(2)33(19)23-5-3-22(27)4-6-23)25(34)32-11-7-21(8-12-32)18-38-26(35)29-9-13-36-15-16-37-14-10-30-31-28/h3-6,17,21H,7-16,18H2,1-2H3,(H,29,35). The smallest absolute Gasteiger partial charge is 0.407 e. The van der Waals surface area contributed by atoms with Crippen molar-refractivity contribution in [2.45, 2.75) is 26.7 Å². The van der Waals surface area contributed by atoms with Crippen LogP contribution in [0.3, 0.4) is 0 Å². The molecule has 3 rings (SSSR count). The second-order valence-corrected chi connectivity index (χ2v) is 9.04. The van der Waals surface area contributed by atoms with Crippen LogP contribution in [0.25, 0.3) is 16.1 Å². The van der Waals surface area contributed by atoms with Gasteiger partial charge in [0.25, 0.3) is 5.91 Å². The van der Waals surface area contributed by atoms with Crippen LogP contribution in [-0.2, 0) is 14.2 Å². The molecular weight excluding hydrogens is 495 g/mol. The molecule has 1 aromatic carbocycles. The van der Waals surface area contributed by atoms with Crippen molar-refractivity contribution in [1.29, 1.82) is 0 Å². The van der Waals surface area contributed by atoms with Crippen molar-refractivity contribution in [3.8, 4) is 5.69 Å². The lowest BCUT2D eigenvalue weighted by atomic mass is 9.97. The summed E-state index contributed by atoms with van der Waals surface area (Å²) in [6, 6.07) is 8.10. The number of nitrogens with one attached hydrogen (secondary N) is 1. The van der Waals surface area contributed by atoms with Crippen LogP contribution < -0.4 is 5.32 Å². The summed E-state index contributed by atoms with van der Waals surface area (Å²) in [5, 5.41) is 6.01. The third-order valence-corrected chi connectivity index (χ3v) is 6.38. The Morgan fingerprint density at radius 2 is 1.79 bits per heavy atom. The van der Waals surface area contributed by atoms with Gasteiger partial charge < -0.3 is 29.0 Å². The Balaban J connectivity index is 1.33. The van der Waals surface area contributed by atoms with Gasteiger partial charge in [0, 0.05) is 48.2 Å². The number of ether oxygens (including phenoxy) is 3. The number of hydrogen-bond acceptors (Lipinski definition) is 6. The van der Waals surface area contributed by atoms with E-state index in [2.05, 4.69) is 15.3 Å². The lowest BCUT2D eigenvalue weighted by molar-refractivity contribution is 0.0498. The minimum atomic E-state index is -0.494. The number of rotatable bonds is 13. The average molecular weight is 531 g/mol. The summed E-state index contributed by atoms with van der Waals surface area (Å²) >= 11 is 0. The van der Waals surface area contributed by atoms with Gasteiger partial charge in [0.15, 0.2) is 0 Å². The summed E-state index contributed by atoms with van der Waals surface area (Å²) in [7, 11) is 0. The predicted octanol–water partition coefficient (Wildman–Crippen LogP) is 4.16. The van der Waals surface area contributed by atoms with Crippen LogP contribution in [0.4, 0.5) is 9.18 Å². The molecule has 1 aliphatic heterocycles. The molecule has 11 nitrogen and oxygen atoms in total. The van der Waals surface area contributed by atoms with Crippen LogP contribution in [-0.4, -0.2) is 80.7 Å². The van der Waals surface area contributed by atoms with E-state index in [1.165, 1.54) is 12.1 Å². The SMILES string of the molecule is Cc1cc(C(=O)N2CCC(COC(=O)NCCOCCOCCN=[N+]=[N-])CC2)c(C)n1-c1ccc(F)cc1. The summed E-state index contributed by atoms with van der Waals surface area (Å²) in [6.45, 7) is 7.34. The first-order valence-corrected chi connectivity index (χ1v) is 12.7. The number of azide groups is 1. The van der Waals surface area contributed by atoms with Crippen molar-refractivity contribution in [3.05, 3.63) is 63.5 Å². The van der Waals surface area contributed by atoms with Crippen LogP contribution in [0.5, 0.6) is 0 Å². The lowest BCUT2D eigenvalue weighted by Crippen LogP contribution is -2.40. The highest BCUT2D eigenvalue weighted by Crippen LogP contribution is 2.25. The van der Waals surface area contributed by atoms with E-state index in [0.717, 1.165) is 29.9 Å². The third-order valence-electron chi connectivity index (χ3n) is 6.38. The fourth-order valence-corrected chi connectivity index (χ4v) is 4.38. The Kier molecular flexibility index (Phi) is 11.4. The number of halogens is 1. The van der Waals surface area contributed by atoms with Crippen LogP contribution in [0, 0.1) is 25.6 Å². The number of hydrogen-bond donors (Lipinski definition) is 1. The minimum Gasteiger partial charge on any atom is -0.449 e. The highest BCUT2D eigenvalue weighted by molar-refractivity contribution is 5.96. The van der Waals surface area contributed by atoms with E-state index < -0.39 is 6.09 Å². The summed E-state index contributed by atoms with van der Waals surface area (Å²) in [5.41, 5.74) is 11.3. The molecule has 1 aliphatic rings. The molecule has 0 saturated carbocycles. The zero-order valence-electron chi connectivity index (χ0n) is 21.9. The van der Waals surface area contributed by atoms with Crippen LogP contribution in [0.1, 0.15) is 34.6 Å². The Morgan fingerprint density at radius 3 is 2.47 bits per heavy atom. The number of benzene rings is 1. The van der Waals surface area contributed by atoms with Gasteiger partial charge in [0.05, 0.1) is 38.6 Å². The van der Waals surface area contributed by atoms with Crippen molar-refractivity contribution >= 4 is 12.0 Å². The highest BCUT2D eigenvalue weighted by atomic mass is 19.1. The van der Waals surface area contributed by atoms with Gasteiger partial charge in [0.2, 0.25) is 0 Å². The number of likely N-dealkylation sites (tertiary alicyclic amines) is 1. The predicted molar refractivity (Wildman–Crippen MR) is 139 cm³/mol. The second-order valence-electron chi connectivity index (χ2n) is 9.04. The molecule has 206 valence electrons. The van der Waals surface area contributed by atoms with Gasteiger partial charge in [-0.15, -0.1) is 0 Å². The number of aryl methyl sites for hydroxylation is 1. The van der Waals surface area contributed by atoms with E-state index in [4.69, 9.17) is 19.7 Å². The van der Waals surface area contributed by atoms with Crippen molar-refractivity contribution in [2.75, 3.05) is 59.2 Å². The number of carbonyl (C=O) groups is 2. The van der Waals surface area contributed by atoms with Crippen molar-refractivity contribution in [3.63, 3.8) is 0 Å². The Bertz CT molecular complexity index is 1110. The van der Waals surface area contributed by atoms with Gasteiger partial charge in [0.1, 0.15) is 5.82 Å². The molecule has 2 heterocycles. The molecule has 1 N–H and O–H groups in total. The molecule has 12 heteroatoms. The van der Waals surface area contributed by atoms with E-state index in [1.54, 1.807) is 12.1 Å². The Morgan fingerprint density at radius 1 is 1.11 bits per heavy atom. The number of alkyl carbamates (subject to hydrolysis) is 1. The van der Waals surface area contributed by atoms with Crippen LogP contribution >= 0.6 is 0 Å². The molecule has 0 spiro atoms. The number of aromatic nitrogens is 1. The van der Waals surface area contributed by atoms with Gasteiger partial charge in [-0.25, -0.2) is 9.18 Å².